The van der Waals surface area contributed by atoms with Crippen molar-refractivity contribution < 1.29 is 4.79 Å². The van der Waals surface area contributed by atoms with E-state index in [9.17, 15) is 4.79 Å². The molecule has 2 unspecified atom stereocenters. The number of hydrogen-bond acceptors (Lipinski definition) is 2. The normalized spacial score (nSPS) is 13.9. The molecule has 0 bridgehead atoms. The molecule has 1 amide bonds. The van der Waals surface area contributed by atoms with Gasteiger partial charge in [-0.3, -0.25) is 4.79 Å². The van der Waals surface area contributed by atoms with Gasteiger partial charge in [-0.15, -0.1) is 0 Å². The Bertz CT molecular complexity index is 386. The van der Waals surface area contributed by atoms with Crippen LogP contribution >= 0.6 is 0 Å². The van der Waals surface area contributed by atoms with E-state index >= 15 is 0 Å². The summed E-state index contributed by atoms with van der Waals surface area (Å²) in [6.07, 6.45) is 2.29. The first-order valence-corrected chi connectivity index (χ1v) is 7.11. The highest BCUT2D eigenvalue weighted by Crippen LogP contribution is 2.10. The third-order valence-electron chi connectivity index (χ3n) is 3.40. The third kappa shape index (κ3) is 6.39. The Morgan fingerprint density at radius 3 is 2.42 bits per heavy atom. The van der Waals surface area contributed by atoms with Gasteiger partial charge in [-0.25, -0.2) is 0 Å². The second kappa shape index (κ2) is 7.95. The molecular formula is C16H26N2O. The van der Waals surface area contributed by atoms with Crippen LogP contribution < -0.4 is 10.6 Å². The molecule has 0 aliphatic heterocycles. The number of aryl methyl sites for hydroxylation is 1. The van der Waals surface area contributed by atoms with Crippen molar-refractivity contribution in [1.29, 1.82) is 0 Å². The molecule has 0 saturated heterocycles. The lowest BCUT2D eigenvalue weighted by Gasteiger charge is -2.17. The summed E-state index contributed by atoms with van der Waals surface area (Å²) in [6, 6.07) is 8.22. The maximum atomic E-state index is 11.8. The summed E-state index contributed by atoms with van der Waals surface area (Å²) in [6.45, 7) is 8.96. The number of amides is 1. The summed E-state index contributed by atoms with van der Waals surface area (Å²) < 4.78 is 0. The molecule has 3 nitrogen and oxygen atoms in total. The van der Waals surface area contributed by atoms with Crippen LogP contribution in [0.3, 0.4) is 0 Å². The lowest BCUT2D eigenvalue weighted by atomic mass is 10.0. The number of rotatable bonds is 7. The highest BCUT2D eigenvalue weighted by atomic mass is 16.1. The number of hydrogen-bond donors (Lipinski definition) is 2. The molecule has 0 radical (unpaired) electrons. The Kier molecular flexibility index (Phi) is 6.57. The van der Waals surface area contributed by atoms with E-state index in [0.29, 0.717) is 18.5 Å². The van der Waals surface area contributed by atoms with Crippen LogP contribution in [0.15, 0.2) is 24.3 Å². The van der Waals surface area contributed by atoms with Gasteiger partial charge in [0.1, 0.15) is 0 Å². The SMILES string of the molecule is CCC(C)CC(C)NCC(=O)Nc1ccc(C)cc1. The Hall–Kier alpha value is -1.35. The maximum absolute atomic E-state index is 11.8. The van der Waals surface area contributed by atoms with Crippen LogP contribution in [0.25, 0.3) is 0 Å². The van der Waals surface area contributed by atoms with Gasteiger partial charge in [0.2, 0.25) is 5.91 Å². The number of benzene rings is 1. The zero-order valence-corrected chi connectivity index (χ0v) is 12.5. The van der Waals surface area contributed by atoms with Crippen LogP contribution in [0.4, 0.5) is 5.69 Å². The fourth-order valence-corrected chi connectivity index (χ4v) is 1.96. The minimum atomic E-state index is 0.0138. The zero-order chi connectivity index (χ0) is 14.3. The molecule has 0 aliphatic rings. The van der Waals surface area contributed by atoms with E-state index in [1.165, 1.54) is 12.0 Å². The van der Waals surface area contributed by atoms with Crippen LogP contribution in [0, 0.1) is 12.8 Å². The summed E-state index contributed by atoms with van der Waals surface area (Å²) in [5, 5.41) is 6.16. The third-order valence-corrected chi connectivity index (χ3v) is 3.40. The standard InChI is InChI=1S/C16H26N2O/c1-5-12(2)10-14(4)17-11-16(19)18-15-8-6-13(3)7-9-15/h6-9,12,14,17H,5,10-11H2,1-4H3,(H,18,19). The van der Waals surface area contributed by atoms with E-state index in [4.69, 9.17) is 0 Å². The smallest absolute Gasteiger partial charge is 0.238 e. The molecule has 1 aromatic rings. The van der Waals surface area contributed by atoms with Crippen molar-refractivity contribution in [1.82, 2.24) is 5.32 Å². The predicted octanol–water partition coefficient (Wildman–Crippen LogP) is 3.35. The van der Waals surface area contributed by atoms with Crippen molar-refractivity contribution in [3.63, 3.8) is 0 Å². The molecule has 106 valence electrons. The Morgan fingerprint density at radius 1 is 1.21 bits per heavy atom. The molecule has 1 aromatic carbocycles. The average molecular weight is 262 g/mol. The van der Waals surface area contributed by atoms with Crippen LogP contribution in [-0.2, 0) is 4.79 Å². The van der Waals surface area contributed by atoms with Crippen molar-refractivity contribution in [2.75, 3.05) is 11.9 Å². The van der Waals surface area contributed by atoms with E-state index in [1.807, 2.05) is 31.2 Å². The maximum Gasteiger partial charge on any atom is 0.238 e. The molecule has 0 saturated carbocycles. The minimum absolute atomic E-state index is 0.0138. The van der Waals surface area contributed by atoms with Crippen LogP contribution in [0.5, 0.6) is 0 Å². The molecule has 19 heavy (non-hydrogen) atoms. The molecule has 0 spiro atoms. The highest BCUT2D eigenvalue weighted by molar-refractivity contribution is 5.92. The first-order chi connectivity index (χ1) is 9.01. The van der Waals surface area contributed by atoms with Crippen LogP contribution in [0.1, 0.15) is 39.2 Å². The summed E-state index contributed by atoms with van der Waals surface area (Å²) >= 11 is 0. The van der Waals surface area contributed by atoms with E-state index in [2.05, 4.69) is 31.4 Å². The topological polar surface area (TPSA) is 41.1 Å². The van der Waals surface area contributed by atoms with Crippen LogP contribution in [0.2, 0.25) is 0 Å². The molecule has 1 rings (SSSR count). The Morgan fingerprint density at radius 2 is 1.84 bits per heavy atom. The summed E-state index contributed by atoms with van der Waals surface area (Å²) in [5.74, 6) is 0.711. The molecule has 0 heterocycles. The van der Waals surface area contributed by atoms with Gasteiger partial charge in [0.15, 0.2) is 0 Å². The predicted molar refractivity (Wildman–Crippen MR) is 81.3 cm³/mol. The molecule has 2 atom stereocenters. The fraction of sp³-hybridized carbons (Fsp3) is 0.562. The fourth-order valence-electron chi connectivity index (χ4n) is 1.96. The Balaban J connectivity index is 2.29. The molecule has 2 N–H and O–H groups in total. The van der Waals surface area contributed by atoms with Gasteiger partial charge < -0.3 is 10.6 Å². The van der Waals surface area contributed by atoms with Crippen molar-refractivity contribution in [2.45, 2.75) is 46.6 Å². The molecular weight excluding hydrogens is 236 g/mol. The second-order valence-electron chi connectivity index (χ2n) is 5.45. The first-order valence-electron chi connectivity index (χ1n) is 7.11. The van der Waals surface area contributed by atoms with Gasteiger partial charge in [0, 0.05) is 11.7 Å². The van der Waals surface area contributed by atoms with E-state index in [-0.39, 0.29) is 5.91 Å². The number of nitrogens with one attached hydrogen (secondary N) is 2. The van der Waals surface area contributed by atoms with Gasteiger partial charge in [0.25, 0.3) is 0 Å². The van der Waals surface area contributed by atoms with Crippen molar-refractivity contribution in [3.05, 3.63) is 29.8 Å². The molecule has 0 aliphatic carbocycles. The Labute approximate surface area is 116 Å². The van der Waals surface area contributed by atoms with Crippen molar-refractivity contribution in [2.24, 2.45) is 5.92 Å². The molecule has 0 aromatic heterocycles. The van der Waals surface area contributed by atoms with E-state index in [0.717, 1.165) is 12.1 Å². The summed E-state index contributed by atoms with van der Waals surface area (Å²) in [4.78, 5) is 11.8. The van der Waals surface area contributed by atoms with Crippen molar-refractivity contribution >= 4 is 11.6 Å². The van der Waals surface area contributed by atoms with Crippen LogP contribution in [-0.4, -0.2) is 18.5 Å². The summed E-state index contributed by atoms with van der Waals surface area (Å²) in [5.41, 5.74) is 2.05. The average Bonchev–Trinajstić information content (AvgIpc) is 2.39. The minimum Gasteiger partial charge on any atom is -0.325 e. The van der Waals surface area contributed by atoms with Crippen molar-refractivity contribution in [3.8, 4) is 0 Å². The number of carbonyl (C=O) groups is 1. The number of anilines is 1. The van der Waals surface area contributed by atoms with Gasteiger partial charge in [-0.05, 0) is 38.3 Å². The largest absolute Gasteiger partial charge is 0.325 e. The summed E-state index contributed by atoms with van der Waals surface area (Å²) in [7, 11) is 0. The molecule has 3 heteroatoms. The number of carbonyl (C=O) groups excluding carboxylic acids is 1. The monoisotopic (exact) mass is 262 g/mol. The lowest BCUT2D eigenvalue weighted by Crippen LogP contribution is -2.35. The van der Waals surface area contributed by atoms with Gasteiger partial charge in [0.05, 0.1) is 6.54 Å². The van der Waals surface area contributed by atoms with Gasteiger partial charge in [-0.2, -0.15) is 0 Å². The first kappa shape index (κ1) is 15.7. The quantitative estimate of drug-likeness (QED) is 0.791. The second-order valence-corrected chi connectivity index (χ2v) is 5.45. The lowest BCUT2D eigenvalue weighted by molar-refractivity contribution is -0.115. The van der Waals surface area contributed by atoms with Gasteiger partial charge >= 0.3 is 0 Å². The molecule has 0 fully saturated rings. The highest BCUT2D eigenvalue weighted by Gasteiger charge is 2.08. The zero-order valence-electron chi connectivity index (χ0n) is 12.5. The van der Waals surface area contributed by atoms with E-state index < -0.39 is 0 Å². The van der Waals surface area contributed by atoms with Gasteiger partial charge in [-0.1, -0.05) is 38.0 Å². The van der Waals surface area contributed by atoms with E-state index in [1.54, 1.807) is 0 Å².